The van der Waals surface area contributed by atoms with Crippen LogP contribution in [0.5, 0.6) is 0 Å². The van der Waals surface area contributed by atoms with Crippen molar-refractivity contribution < 1.29 is 9.59 Å². The molecule has 1 aliphatic rings. The molecule has 0 saturated carbocycles. The van der Waals surface area contributed by atoms with Gasteiger partial charge in [-0.15, -0.1) is 0 Å². The van der Waals surface area contributed by atoms with Gasteiger partial charge in [-0.1, -0.05) is 19.9 Å². The van der Waals surface area contributed by atoms with E-state index in [-0.39, 0.29) is 17.7 Å². The maximum atomic E-state index is 12.4. The van der Waals surface area contributed by atoms with E-state index in [2.05, 4.69) is 24.1 Å². The summed E-state index contributed by atoms with van der Waals surface area (Å²) >= 11 is 0. The molecule has 1 N–H and O–H groups in total. The van der Waals surface area contributed by atoms with Crippen molar-refractivity contribution in [3.63, 3.8) is 0 Å². The van der Waals surface area contributed by atoms with E-state index in [9.17, 15) is 9.59 Å². The van der Waals surface area contributed by atoms with Crippen molar-refractivity contribution in [1.82, 2.24) is 19.6 Å². The normalized spacial score (nSPS) is 17.9. The molecule has 6 heteroatoms. The first-order chi connectivity index (χ1) is 11.5. The number of hydrogen-bond acceptors (Lipinski definition) is 3. The number of rotatable bonds is 5. The van der Waals surface area contributed by atoms with Gasteiger partial charge in [0.1, 0.15) is 5.65 Å². The number of nitrogens with zero attached hydrogens (tertiary/aromatic N) is 3. The van der Waals surface area contributed by atoms with E-state index < -0.39 is 0 Å². The van der Waals surface area contributed by atoms with Crippen LogP contribution in [0.25, 0.3) is 5.65 Å². The zero-order valence-electron chi connectivity index (χ0n) is 14.5. The monoisotopic (exact) mass is 328 g/mol. The van der Waals surface area contributed by atoms with Gasteiger partial charge in [0.05, 0.1) is 24.4 Å². The van der Waals surface area contributed by atoms with Gasteiger partial charge in [-0.05, 0) is 24.5 Å². The minimum Gasteiger partial charge on any atom is -0.350 e. The molecule has 0 aliphatic carbocycles. The highest BCUT2D eigenvalue weighted by atomic mass is 16.2. The van der Waals surface area contributed by atoms with E-state index in [0.29, 0.717) is 25.4 Å². The zero-order valence-corrected chi connectivity index (χ0v) is 14.5. The Balaban J connectivity index is 1.61. The Morgan fingerprint density at radius 2 is 2.25 bits per heavy atom. The summed E-state index contributed by atoms with van der Waals surface area (Å²) in [6.07, 6.45) is 4.04. The van der Waals surface area contributed by atoms with Gasteiger partial charge in [0.25, 0.3) is 0 Å². The van der Waals surface area contributed by atoms with Gasteiger partial charge in [0.2, 0.25) is 11.8 Å². The van der Waals surface area contributed by atoms with Crippen molar-refractivity contribution in [3.05, 3.63) is 35.8 Å². The number of carbonyl (C=O) groups is 2. The van der Waals surface area contributed by atoms with Gasteiger partial charge in [-0.2, -0.15) is 0 Å². The Bertz CT molecular complexity index is 765. The fourth-order valence-corrected chi connectivity index (χ4v) is 3.22. The zero-order chi connectivity index (χ0) is 17.3. The number of fused-ring (bicyclic) bond motifs is 1. The number of aryl methyl sites for hydroxylation is 1. The largest absolute Gasteiger partial charge is 0.350 e. The number of pyridine rings is 1. The van der Waals surface area contributed by atoms with Crippen molar-refractivity contribution >= 4 is 17.5 Å². The maximum Gasteiger partial charge on any atom is 0.225 e. The lowest BCUT2D eigenvalue weighted by Gasteiger charge is -2.18. The van der Waals surface area contributed by atoms with E-state index in [0.717, 1.165) is 23.4 Å². The highest BCUT2D eigenvalue weighted by molar-refractivity contribution is 5.89. The van der Waals surface area contributed by atoms with E-state index in [1.807, 2.05) is 29.7 Å². The minimum atomic E-state index is -0.253. The summed E-state index contributed by atoms with van der Waals surface area (Å²) in [5.74, 6) is 0.181. The molecule has 1 fully saturated rings. The van der Waals surface area contributed by atoms with Gasteiger partial charge in [-0.25, -0.2) is 4.98 Å². The smallest absolute Gasteiger partial charge is 0.225 e. The summed E-state index contributed by atoms with van der Waals surface area (Å²) in [6, 6.07) is 3.98. The van der Waals surface area contributed by atoms with Crippen LogP contribution in [0.15, 0.2) is 24.5 Å². The van der Waals surface area contributed by atoms with Crippen LogP contribution in [0, 0.1) is 18.8 Å². The van der Waals surface area contributed by atoms with Gasteiger partial charge < -0.3 is 14.6 Å². The van der Waals surface area contributed by atoms with Crippen LogP contribution in [0.4, 0.5) is 0 Å². The lowest BCUT2D eigenvalue weighted by Crippen LogP contribution is -2.34. The first-order valence-corrected chi connectivity index (χ1v) is 8.42. The maximum absolute atomic E-state index is 12.4. The molecule has 24 heavy (non-hydrogen) atoms. The quantitative estimate of drug-likeness (QED) is 0.909. The van der Waals surface area contributed by atoms with Crippen LogP contribution in [-0.4, -0.2) is 39.2 Å². The third-order valence-electron chi connectivity index (χ3n) is 4.42. The predicted molar refractivity (Wildman–Crippen MR) is 91.3 cm³/mol. The molecule has 0 aromatic carbocycles. The molecular weight excluding hydrogens is 304 g/mol. The molecule has 6 nitrogen and oxygen atoms in total. The predicted octanol–water partition coefficient (Wildman–Crippen LogP) is 1.76. The molecule has 1 aliphatic heterocycles. The first-order valence-electron chi connectivity index (χ1n) is 8.42. The summed E-state index contributed by atoms with van der Waals surface area (Å²) in [5.41, 5.74) is 2.94. The van der Waals surface area contributed by atoms with Crippen molar-refractivity contribution in [3.8, 4) is 0 Å². The Morgan fingerprint density at radius 1 is 1.46 bits per heavy atom. The topological polar surface area (TPSA) is 66.7 Å². The molecular formula is C18H24N4O2. The summed E-state index contributed by atoms with van der Waals surface area (Å²) in [4.78, 5) is 30.6. The SMILES string of the molecule is Cc1cccn2c(CNC(=O)[C@@H]3CC(=O)N(CC(C)C)C3)cnc12. The van der Waals surface area contributed by atoms with Gasteiger partial charge in [-0.3, -0.25) is 9.59 Å². The van der Waals surface area contributed by atoms with Crippen molar-refractivity contribution in [2.45, 2.75) is 33.7 Å². The second-order valence-corrected chi connectivity index (χ2v) is 6.95. The van der Waals surface area contributed by atoms with Crippen molar-refractivity contribution in [1.29, 1.82) is 0 Å². The number of aromatic nitrogens is 2. The molecule has 128 valence electrons. The van der Waals surface area contributed by atoms with E-state index in [1.54, 1.807) is 11.1 Å². The van der Waals surface area contributed by atoms with Crippen LogP contribution in [-0.2, 0) is 16.1 Å². The molecule has 3 heterocycles. The average molecular weight is 328 g/mol. The van der Waals surface area contributed by atoms with E-state index in [1.165, 1.54) is 0 Å². The Morgan fingerprint density at radius 3 is 3.00 bits per heavy atom. The van der Waals surface area contributed by atoms with Gasteiger partial charge >= 0.3 is 0 Å². The summed E-state index contributed by atoms with van der Waals surface area (Å²) in [7, 11) is 0. The second-order valence-electron chi connectivity index (χ2n) is 6.95. The highest BCUT2D eigenvalue weighted by Crippen LogP contribution is 2.19. The molecule has 2 aromatic heterocycles. The molecule has 3 rings (SSSR count). The summed E-state index contributed by atoms with van der Waals surface area (Å²) in [5, 5.41) is 2.95. The molecule has 1 atom stereocenters. The highest BCUT2D eigenvalue weighted by Gasteiger charge is 2.34. The summed E-state index contributed by atoms with van der Waals surface area (Å²) in [6.45, 7) is 7.82. The number of imidazole rings is 1. The van der Waals surface area contributed by atoms with Crippen LogP contribution < -0.4 is 5.32 Å². The fourth-order valence-electron chi connectivity index (χ4n) is 3.22. The number of carbonyl (C=O) groups excluding carboxylic acids is 2. The lowest BCUT2D eigenvalue weighted by molar-refractivity contribution is -0.129. The molecule has 0 unspecified atom stereocenters. The molecule has 2 aromatic rings. The third kappa shape index (κ3) is 3.27. The number of hydrogen-bond donors (Lipinski definition) is 1. The number of amides is 2. The minimum absolute atomic E-state index is 0.0581. The van der Waals surface area contributed by atoms with Gasteiger partial charge in [0.15, 0.2) is 0 Å². The Kier molecular flexibility index (Phi) is 4.55. The number of nitrogens with one attached hydrogen (secondary N) is 1. The lowest BCUT2D eigenvalue weighted by atomic mass is 10.1. The van der Waals surface area contributed by atoms with Crippen molar-refractivity contribution in [2.75, 3.05) is 13.1 Å². The van der Waals surface area contributed by atoms with E-state index >= 15 is 0 Å². The Hall–Kier alpha value is -2.37. The summed E-state index contributed by atoms with van der Waals surface area (Å²) < 4.78 is 1.99. The second kappa shape index (κ2) is 6.63. The number of likely N-dealkylation sites (tertiary alicyclic amines) is 1. The third-order valence-corrected chi connectivity index (χ3v) is 4.42. The Labute approximate surface area is 141 Å². The van der Waals surface area contributed by atoms with Gasteiger partial charge in [0, 0.05) is 25.7 Å². The molecule has 0 radical (unpaired) electrons. The molecule has 2 amide bonds. The van der Waals surface area contributed by atoms with Crippen LogP contribution in [0.1, 0.15) is 31.5 Å². The molecule has 1 saturated heterocycles. The first kappa shape index (κ1) is 16.5. The average Bonchev–Trinajstić information content (AvgIpc) is 3.10. The van der Waals surface area contributed by atoms with Crippen LogP contribution in [0.3, 0.4) is 0 Å². The fraction of sp³-hybridized carbons (Fsp3) is 0.500. The van der Waals surface area contributed by atoms with E-state index in [4.69, 9.17) is 0 Å². The van der Waals surface area contributed by atoms with Crippen LogP contribution in [0.2, 0.25) is 0 Å². The molecule has 0 spiro atoms. The van der Waals surface area contributed by atoms with Crippen molar-refractivity contribution in [2.24, 2.45) is 11.8 Å². The standard InChI is InChI=1S/C18H24N4O2/c1-12(2)10-21-11-14(7-16(21)23)18(24)20-9-15-8-19-17-13(3)5-4-6-22(15)17/h4-6,8,12,14H,7,9-11H2,1-3H3,(H,20,24)/t14-/m1/s1. The van der Waals surface area contributed by atoms with Crippen LogP contribution >= 0.6 is 0 Å². The molecule has 0 bridgehead atoms.